The first-order chi connectivity index (χ1) is 5.91. The van der Waals surface area contributed by atoms with E-state index in [2.05, 4.69) is 44.8 Å². The van der Waals surface area contributed by atoms with Crippen molar-refractivity contribution in [2.45, 2.75) is 40.5 Å². The Morgan fingerprint density at radius 2 is 1.85 bits per heavy atom. The average Bonchev–Trinajstić information content (AvgIpc) is 2.01. The van der Waals surface area contributed by atoms with Gasteiger partial charge in [-0.25, -0.2) is 0 Å². The van der Waals surface area contributed by atoms with Gasteiger partial charge in [0.05, 0.1) is 0 Å². The molecule has 13 heavy (non-hydrogen) atoms. The maximum Gasteiger partial charge on any atom is 0.0440 e. The highest BCUT2D eigenvalue weighted by molar-refractivity contribution is 5.15. The first kappa shape index (κ1) is 10.2. The van der Waals surface area contributed by atoms with Gasteiger partial charge in [0.1, 0.15) is 0 Å². The van der Waals surface area contributed by atoms with Gasteiger partial charge in [0.2, 0.25) is 0 Å². The van der Waals surface area contributed by atoms with Crippen molar-refractivity contribution < 1.29 is 0 Å². The summed E-state index contributed by atoms with van der Waals surface area (Å²) < 4.78 is 0. The highest BCUT2D eigenvalue weighted by Crippen LogP contribution is 2.33. The molecular weight excluding hydrogens is 158 g/mol. The number of pyridine rings is 1. The maximum atomic E-state index is 4.54. The van der Waals surface area contributed by atoms with E-state index in [-0.39, 0.29) is 0 Å². The zero-order valence-electron chi connectivity index (χ0n) is 9.26. The Balaban J connectivity index is 2.96. The van der Waals surface area contributed by atoms with Crippen LogP contribution >= 0.6 is 0 Å². The van der Waals surface area contributed by atoms with Gasteiger partial charge in [-0.15, -0.1) is 0 Å². The topological polar surface area (TPSA) is 12.9 Å². The van der Waals surface area contributed by atoms with E-state index in [1.54, 1.807) is 0 Å². The quantitative estimate of drug-likeness (QED) is 0.639. The SMILES string of the molecule is Cc1cccc([C@@H](C)C(C)(C)C)n1. The zero-order chi connectivity index (χ0) is 10.1. The summed E-state index contributed by atoms with van der Waals surface area (Å²) in [6.07, 6.45) is 0. The third-order valence-electron chi connectivity index (χ3n) is 2.65. The summed E-state index contributed by atoms with van der Waals surface area (Å²) in [5.74, 6) is 0.507. The molecule has 1 aromatic heterocycles. The summed E-state index contributed by atoms with van der Waals surface area (Å²) in [5, 5.41) is 0. The normalized spacial score (nSPS) is 14.2. The summed E-state index contributed by atoms with van der Waals surface area (Å²) in [6.45, 7) is 11.0. The lowest BCUT2D eigenvalue weighted by molar-refractivity contribution is 0.334. The second-order valence-corrected chi connectivity index (χ2v) is 4.79. The Morgan fingerprint density at radius 3 is 2.31 bits per heavy atom. The van der Waals surface area contributed by atoms with Gasteiger partial charge in [0, 0.05) is 17.3 Å². The minimum Gasteiger partial charge on any atom is -0.258 e. The van der Waals surface area contributed by atoms with Crippen LogP contribution < -0.4 is 0 Å². The molecule has 0 N–H and O–H groups in total. The average molecular weight is 177 g/mol. The van der Waals surface area contributed by atoms with E-state index < -0.39 is 0 Å². The minimum absolute atomic E-state index is 0.292. The van der Waals surface area contributed by atoms with Crippen molar-refractivity contribution in [3.8, 4) is 0 Å². The fourth-order valence-corrected chi connectivity index (χ4v) is 1.25. The molecule has 0 unspecified atom stereocenters. The van der Waals surface area contributed by atoms with Crippen LogP contribution in [0.1, 0.15) is 45.0 Å². The van der Waals surface area contributed by atoms with Gasteiger partial charge in [-0.2, -0.15) is 0 Å². The van der Waals surface area contributed by atoms with E-state index in [1.165, 1.54) is 5.69 Å². The molecule has 0 saturated heterocycles. The Labute approximate surface area is 81.2 Å². The van der Waals surface area contributed by atoms with Crippen LogP contribution in [0, 0.1) is 12.3 Å². The number of hydrogen-bond acceptors (Lipinski definition) is 1. The van der Waals surface area contributed by atoms with Gasteiger partial charge in [0.15, 0.2) is 0 Å². The molecule has 1 rings (SSSR count). The van der Waals surface area contributed by atoms with Crippen LogP contribution in [0.15, 0.2) is 18.2 Å². The van der Waals surface area contributed by atoms with Crippen LogP contribution in [0.4, 0.5) is 0 Å². The predicted octanol–water partition coefficient (Wildman–Crippen LogP) is 3.54. The fraction of sp³-hybridized carbons (Fsp3) is 0.583. The minimum atomic E-state index is 0.292. The molecule has 0 amide bonds. The smallest absolute Gasteiger partial charge is 0.0440 e. The molecule has 1 heterocycles. The zero-order valence-corrected chi connectivity index (χ0v) is 9.26. The molecule has 1 heteroatoms. The molecule has 0 fully saturated rings. The molecule has 0 bridgehead atoms. The molecule has 0 aliphatic heterocycles. The standard InChI is InChI=1S/C12H19N/c1-9-7-6-8-11(13-9)10(2)12(3,4)5/h6-8,10H,1-5H3/t10-/m1/s1. The van der Waals surface area contributed by atoms with Gasteiger partial charge >= 0.3 is 0 Å². The van der Waals surface area contributed by atoms with Crippen LogP contribution in [0.25, 0.3) is 0 Å². The Morgan fingerprint density at radius 1 is 1.23 bits per heavy atom. The highest BCUT2D eigenvalue weighted by Gasteiger charge is 2.22. The van der Waals surface area contributed by atoms with Gasteiger partial charge in [0.25, 0.3) is 0 Å². The number of rotatable bonds is 1. The second kappa shape index (κ2) is 3.49. The fourth-order valence-electron chi connectivity index (χ4n) is 1.25. The van der Waals surface area contributed by atoms with Crippen LogP contribution in [-0.4, -0.2) is 4.98 Å². The van der Waals surface area contributed by atoms with Crippen molar-refractivity contribution in [2.75, 3.05) is 0 Å². The van der Waals surface area contributed by atoms with E-state index >= 15 is 0 Å². The van der Waals surface area contributed by atoms with Crippen molar-refractivity contribution in [1.29, 1.82) is 0 Å². The Bertz CT molecular complexity index is 283. The van der Waals surface area contributed by atoms with Gasteiger partial charge in [-0.1, -0.05) is 33.8 Å². The van der Waals surface area contributed by atoms with Crippen LogP contribution in [0.2, 0.25) is 0 Å². The predicted molar refractivity (Wildman–Crippen MR) is 56.8 cm³/mol. The molecule has 0 aliphatic rings. The number of aromatic nitrogens is 1. The molecule has 72 valence electrons. The third-order valence-corrected chi connectivity index (χ3v) is 2.65. The summed E-state index contributed by atoms with van der Waals surface area (Å²) in [7, 11) is 0. The molecule has 0 spiro atoms. The molecule has 1 aromatic rings. The number of nitrogens with zero attached hydrogens (tertiary/aromatic N) is 1. The summed E-state index contributed by atoms with van der Waals surface area (Å²) >= 11 is 0. The first-order valence-electron chi connectivity index (χ1n) is 4.85. The maximum absolute atomic E-state index is 4.54. The van der Waals surface area contributed by atoms with Crippen molar-refractivity contribution in [1.82, 2.24) is 4.98 Å². The highest BCUT2D eigenvalue weighted by atomic mass is 14.7. The van der Waals surface area contributed by atoms with Crippen LogP contribution in [-0.2, 0) is 0 Å². The third kappa shape index (κ3) is 2.55. The number of hydrogen-bond donors (Lipinski definition) is 0. The van der Waals surface area contributed by atoms with E-state index in [1.807, 2.05) is 13.0 Å². The van der Waals surface area contributed by atoms with Gasteiger partial charge in [-0.05, 0) is 24.5 Å². The van der Waals surface area contributed by atoms with E-state index in [9.17, 15) is 0 Å². The van der Waals surface area contributed by atoms with Crippen LogP contribution in [0.5, 0.6) is 0 Å². The lowest BCUT2D eigenvalue weighted by atomic mass is 9.80. The van der Waals surface area contributed by atoms with Gasteiger partial charge in [-0.3, -0.25) is 4.98 Å². The lowest BCUT2D eigenvalue weighted by Crippen LogP contribution is -2.16. The Hall–Kier alpha value is -0.850. The molecule has 0 radical (unpaired) electrons. The molecule has 0 aromatic carbocycles. The molecular formula is C12H19N. The monoisotopic (exact) mass is 177 g/mol. The summed E-state index contributed by atoms with van der Waals surface area (Å²) in [6, 6.07) is 6.24. The van der Waals surface area contributed by atoms with Crippen molar-refractivity contribution in [3.05, 3.63) is 29.6 Å². The lowest BCUT2D eigenvalue weighted by Gasteiger charge is -2.26. The van der Waals surface area contributed by atoms with E-state index in [4.69, 9.17) is 0 Å². The van der Waals surface area contributed by atoms with Crippen molar-refractivity contribution in [3.63, 3.8) is 0 Å². The molecule has 1 atom stereocenters. The Kier molecular flexibility index (Phi) is 2.74. The van der Waals surface area contributed by atoms with E-state index in [0.29, 0.717) is 11.3 Å². The molecule has 1 nitrogen and oxygen atoms in total. The van der Waals surface area contributed by atoms with Crippen LogP contribution in [0.3, 0.4) is 0 Å². The summed E-state index contributed by atoms with van der Waals surface area (Å²) in [5.41, 5.74) is 2.60. The largest absolute Gasteiger partial charge is 0.258 e. The van der Waals surface area contributed by atoms with Crippen molar-refractivity contribution in [2.24, 2.45) is 5.41 Å². The first-order valence-corrected chi connectivity index (χ1v) is 4.85. The van der Waals surface area contributed by atoms with Crippen molar-refractivity contribution >= 4 is 0 Å². The molecule has 0 saturated carbocycles. The van der Waals surface area contributed by atoms with Gasteiger partial charge < -0.3 is 0 Å². The molecule has 0 aliphatic carbocycles. The van der Waals surface area contributed by atoms with E-state index in [0.717, 1.165) is 5.69 Å². The second-order valence-electron chi connectivity index (χ2n) is 4.79. The number of aryl methyl sites for hydroxylation is 1. The summed E-state index contributed by atoms with van der Waals surface area (Å²) in [4.78, 5) is 4.54.